The van der Waals surface area contributed by atoms with Gasteiger partial charge in [-0.15, -0.1) is 11.8 Å². The van der Waals surface area contributed by atoms with Crippen molar-refractivity contribution in [1.82, 2.24) is 4.31 Å². The van der Waals surface area contributed by atoms with Crippen LogP contribution in [-0.2, 0) is 14.8 Å². The highest BCUT2D eigenvalue weighted by atomic mass is 32.2. The van der Waals surface area contributed by atoms with Crippen molar-refractivity contribution in [3.05, 3.63) is 24.3 Å². The van der Waals surface area contributed by atoms with Gasteiger partial charge in [-0.2, -0.15) is 0 Å². The molecule has 1 aromatic rings. The second-order valence-electron chi connectivity index (χ2n) is 7.11. The van der Waals surface area contributed by atoms with Gasteiger partial charge in [0, 0.05) is 34.8 Å². The Hall–Kier alpha value is -1.05. The molecule has 1 aliphatic heterocycles. The largest absolute Gasteiger partial charge is 0.326 e. The number of carbonyl (C=O) groups excluding carboxylic acids is 1. The molecule has 3 rings (SSSR count). The Morgan fingerprint density at radius 3 is 2.31 bits per heavy atom. The fourth-order valence-electron chi connectivity index (χ4n) is 3.64. The summed E-state index contributed by atoms with van der Waals surface area (Å²) in [5.74, 6) is -0.00433. The fraction of sp³-hybridized carbons (Fsp3) is 0.632. The van der Waals surface area contributed by atoms with Crippen molar-refractivity contribution in [3.63, 3.8) is 0 Å². The topological polar surface area (TPSA) is 66.5 Å². The number of sulfonamides is 1. The summed E-state index contributed by atoms with van der Waals surface area (Å²) in [6.07, 6.45) is 6.45. The van der Waals surface area contributed by atoms with Crippen LogP contribution in [0.1, 0.15) is 45.4 Å². The zero-order valence-electron chi connectivity index (χ0n) is 15.3. The van der Waals surface area contributed by atoms with E-state index in [1.807, 2.05) is 23.9 Å². The van der Waals surface area contributed by atoms with E-state index in [1.54, 1.807) is 6.92 Å². The number of rotatable bonds is 6. The van der Waals surface area contributed by atoms with Gasteiger partial charge in [0.15, 0.2) is 0 Å². The van der Waals surface area contributed by atoms with Gasteiger partial charge in [-0.25, -0.2) is 12.7 Å². The Balaban J connectivity index is 1.49. The maximum atomic E-state index is 12.5. The first-order valence-corrected chi connectivity index (χ1v) is 12.0. The lowest BCUT2D eigenvalue weighted by Gasteiger charge is -2.30. The molecular formula is C19H28N2O3S2. The molecular weight excluding hydrogens is 368 g/mol. The minimum Gasteiger partial charge on any atom is -0.326 e. The van der Waals surface area contributed by atoms with Crippen molar-refractivity contribution in [3.8, 4) is 0 Å². The molecule has 1 saturated heterocycles. The zero-order valence-corrected chi connectivity index (χ0v) is 16.9. The molecule has 1 heterocycles. The standard InChI is InChI=1S/C19H28N2O3S2/c1-2-26(23,24)21-13-11-15(12-14-21)19(22)20-16-7-9-18(10-8-16)25-17-5-3-4-6-17/h7-10,15,17H,2-6,11-14H2,1H3,(H,20,22). The molecule has 7 heteroatoms. The quantitative estimate of drug-likeness (QED) is 0.796. The molecule has 0 aromatic heterocycles. The first-order valence-electron chi connectivity index (χ1n) is 9.53. The van der Waals surface area contributed by atoms with E-state index in [1.165, 1.54) is 34.9 Å². The Labute approximate surface area is 161 Å². The van der Waals surface area contributed by atoms with Crippen LogP contribution in [-0.4, -0.2) is 42.7 Å². The molecule has 2 aliphatic rings. The Morgan fingerprint density at radius 1 is 1.12 bits per heavy atom. The summed E-state index contributed by atoms with van der Waals surface area (Å²) in [6, 6.07) is 8.09. The number of amides is 1. The van der Waals surface area contributed by atoms with E-state index >= 15 is 0 Å². The molecule has 0 unspecified atom stereocenters. The minimum absolute atomic E-state index is 0.00487. The molecule has 26 heavy (non-hydrogen) atoms. The lowest BCUT2D eigenvalue weighted by atomic mass is 9.97. The number of anilines is 1. The number of hydrogen-bond donors (Lipinski definition) is 1. The van der Waals surface area contributed by atoms with Crippen LogP contribution in [0, 0.1) is 5.92 Å². The zero-order chi connectivity index (χ0) is 18.6. The molecule has 0 bridgehead atoms. The summed E-state index contributed by atoms with van der Waals surface area (Å²) < 4.78 is 25.3. The van der Waals surface area contributed by atoms with Gasteiger partial charge in [-0.1, -0.05) is 12.8 Å². The van der Waals surface area contributed by atoms with E-state index in [0.717, 1.165) is 10.9 Å². The Morgan fingerprint density at radius 2 is 1.73 bits per heavy atom. The summed E-state index contributed by atoms with van der Waals surface area (Å²) in [7, 11) is -3.14. The number of piperidine rings is 1. The third-order valence-corrected chi connectivity index (χ3v) is 8.54. The lowest BCUT2D eigenvalue weighted by molar-refractivity contribution is -0.120. The van der Waals surface area contributed by atoms with Gasteiger partial charge in [-0.05, 0) is 56.9 Å². The van der Waals surface area contributed by atoms with Crippen molar-refractivity contribution in [2.45, 2.75) is 55.6 Å². The second-order valence-corrected chi connectivity index (χ2v) is 10.7. The SMILES string of the molecule is CCS(=O)(=O)N1CCC(C(=O)Nc2ccc(SC3CCCC3)cc2)CC1. The van der Waals surface area contributed by atoms with Crippen LogP contribution in [0.15, 0.2) is 29.2 Å². The minimum atomic E-state index is -3.14. The van der Waals surface area contributed by atoms with E-state index in [-0.39, 0.29) is 17.6 Å². The van der Waals surface area contributed by atoms with E-state index in [4.69, 9.17) is 0 Å². The molecule has 0 atom stereocenters. The molecule has 1 aliphatic carbocycles. The van der Waals surface area contributed by atoms with E-state index in [0.29, 0.717) is 25.9 Å². The van der Waals surface area contributed by atoms with Crippen LogP contribution in [0.4, 0.5) is 5.69 Å². The van der Waals surface area contributed by atoms with Crippen LogP contribution in [0.25, 0.3) is 0 Å². The van der Waals surface area contributed by atoms with Crippen molar-refractivity contribution < 1.29 is 13.2 Å². The summed E-state index contributed by atoms with van der Waals surface area (Å²) in [5.41, 5.74) is 0.814. The van der Waals surface area contributed by atoms with Crippen molar-refractivity contribution in [2.75, 3.05) is 24.2 Å². The molecule has 1 saturated carbocycles. The van der Waals surface area contributed by atoms with E-state index in [9.17, 15) is 13.2 Å². The monoisotopic (exact) mass is 396 g/mol. The second kappa shape index (κ2) is 8.76. The predicted molar refractivity (Wildman–Crippen MR) is 107 cm³/mol. The average Bonchev–Trinajstić information content (AvgIpc) is 3.16. The van der Waals surface area contributed by atoms with Gasteiger partial charge < -0.3 is 5.32 Å². The Bertz CT molecular complexity index is 705. The third kappa shape index (κ3) is 5.02. The van der Waals surface area contributed by atoms with Crippen LogP contribution in [0.5, 0.6) is 0 Å². The maximum Gasteiger partial charge on any atom is 0.227 e. The summed E-state index contributed by atoms with van der Waals surface area (Å²) >= 11 is 1.94. The highest BCUT2D eigenvalue weighted by molar-refractivity contribution is 8.00. The molecule has 1 amide bonds. The number of hydrogen-bond acceptors (Lipinski definition) is 4. The van der Waals surface area contributed by atoms with Crippen molar-refractivity contribution in [2.24, 2.45) is 5.92 Å². The molecule has 144 valence electrons. The molecule has 5 nitrogen and oxygen atoms in total. The maximum absolute atomic E-state index is 12.5. The summed E-state index contributed by atoms with van der Waals surface area (Å²) in [5, 5.41) is 3.72. The summed E-state index contributed by atoms with van der Waals surface area (Å²) in [4.78, 5) is 13.7. The lowest BCUT2D eigenvalue weighted by Crippen LogP contribution is -2.42. The van der Waals surface area contributed by atoms with Crippen molar-refractivity contribution in [1.29, 1.82) is 0 Å². The highest BCUT2D eigenvalue weighted by Crippen LogP contribution is 2.35. The highest BCUT2D eigenvalue weighted by Gasteiger charge is 2.30. The van der Waals surface area contributed by atoms with Crippen LogP contribution in [0.2, 0.25) is 0 Å². The molecule has 0 radical (unpaired) electrons. The van der Waals surface area contributed by atoms with Gasteiger partial charge in [0.2, 0.25) is 15.9 Å². The number of nitrogens with one attached hydrogen (secondary N) is 1. The van der Waals surface area contributed by atoms with Crippen LogP contribution in [0.3, 0.4) is 0 Å². The van der Waals surface area contributed by atoms with E-state index in [2.05, 4.69) is 17.4 Å². The van der Waals surface area contributed by atoms with Gasteiger partial charge in [0.25, 0.3) is 0 Å². The predicted octanol–water partition coefficient (Wildman–Crippen LogP) is 3.72. The smallest absolute Gasteiger partial charge is 0.227 e. The fourth-order valence-corrected chi connectivity index (χ4v) is 6.02. The van der Waals surface area contributed by atoms with Crippen molar-refractivity contribution >= 4 is 33.4 Å². The number of thioether (sulfide) groups is 1. The van der Waals surface area contributed by atoms with Crippen LogP contribution < -0.4 is 5.32 Å². The van der Waals surface area contributed by atoms with Gasteiger partial charge >= 0.3 is 0 Å². The summed E-state index contributed by atoms with van der Waals surface area (Å²) in [6.45, 7) is 2.53. The molecule has 1 N–H and O–H groups in total. The first-order chi connectivity index (χ1) is 12.5. The number of benzene rings is 1. The average molecular weight is 397 g/mol. The van der Waals surface area contributed by atoms with Gasteiger partial charge in [0.1, 0.15) is 0 Å². The first kappa shape index (κ1) is 19.7. The number of carbonyl (C=O) groups is 1. The number of nitrogens with zero attached hydrogens (tertiary/aromatic N) is 1. The normalized spacial score (nSPS) is 20.3. The molecule has 1 aromatic carbocycles. The third-order valence-electron chi connectivity index (χ3n) is 5.31. The van der Waals surface area contributed by atoms with Crippen LogP contribution >= 0.6 is 11.8 Å². The molecule has 2 fully saturated rings. The molecule has 0 spiro atoms. The Kier molecular flexibility index (Phi) is 6.64. The van der Waals surface area contributed by atoms with E-state index < -0.39 is 10.0 Å². The van der Waals surface area contributed by atoms with Gasteiger partial charge in [-0.3, -0.25) is 4.79 Å². The van der Waals surface area contributed by atoms with Gasteiger partial charge in [0.05, 0.1) is 5.75 Å².